The lowest BCUT2D eigenvalue weighted by Crippen LogP contribution is -2.13. The third-order valence-electron chi connectivity index (χ3n) is 2.89. The Labute approximate surface area is 123 Å². The largest absolute Gasteiger partial charge is 0.426 e. The van der Waals surface area contributed by atoms with Gasteiger partial charge in [-0.2, -0.15) is 0 Å². The van der Waals surface area contributed by atoms with Gasteiger partial charge in [0.15, 0.2) is 0 Å². The van der Waals surface area contributed by atoms with Crippen molar-refractivity contribution in [2.45, 2.75) is 20.8 Å². The van der Waals surface area contributed by atoms with Crippen molar-refractivity contribution in [3.63, 3.8) is 0 Å². The van der Waals surface area contributed by atoms with Crippen molar-refractivity contribution in [1.29, 1.82) is 0 Å². The number of hydrogen-bond acceptors (Lipinski definition) is 4. The fraction of sp³-hybridized carbons (Fsp3) is 0.176. The van der Waals surface area contributed by atoms with Crippen molar-refractivity contribution in [3.8, 4) is 11.5 Å². The van der Waals surface area contributed by atoms with Gasteiger partial charge in [0.1, 0.15) is 17.1 Å². The van der Waals surface area contributed by atoms with Crippen LogP contribution in [0.4, 0.5) is 0 Å². The first-order chi connectivity index (χ1) is 9.97. The van der Waals surface area contributed by atoms with E-state index in [1.165, 1.54) is 6.92 Å². The summed E-state index contributed by atoms with van der Waals surface area (Å²) in [6, 6.07) is 12.0. The van der Waals surface area contributed by atoms with E-state index in [1.54, 1.807) is 30.3 Å². The Morgan fingerprint density at radius 3 is 2.29 bits per heavy atom. The van der Waals surface area contributed by atoms with Crippen LogP contribution in [0, 0.1) is 13.8 Å². The average molecular weight is 284 g/mol. The van der Waals surface area contributed by atoms with Crippen molar-refractivity contribution in [2.75, 3.05) is 0 Å². The Morgan fingerprint density at radius 1 is 0.905 bits per heavy atom. The molecule has 0 aliphatic rings. The second kappa shape index (κ2) is 6.22. The summed E-state index contributed by atoms with van der Waals surface area (Å²) in [6.45, 7) is 5.12. The van der Waals surface area contributed by atoms with Gasteiger partial charge < -0.3 is 9.47 Å². The molecule has 4 heteroatoms. The van der Waals surface area contributed by atoms with Crippen LogP contribution < -0.4 is 9.47 Å². The molecule has 0 aliphatic carbocycles. The van der Waals surface area contributed by atoms with Crippen LogP contribution in [-0.2, 0) is 4.79 Å². The highest BCUT2D eigenvalue weighted by Gasteiger charge is 2.16. The maximum atomic E-state index is 12.2. The lowest BCUT2D eigenvalue weighted by Gasteiger charge is -2.10. The highest BCUT2D eigenvalue weighted by atomic mass is 16.5. The van der Waals surface area contributed by atoms with Crippen molar-refractivity contribution in [2.24, 2.45) is 0 Å². The molecule has 0 amide bonds. The third-order valence-corrected chi connectivity index (χ3v) is 2.89. The van der Waals surface area contributed by atoms with Gasteiger partial charge >= 0.3 is 11.9 Å². The van der Waals surface area contributed by atoms with E-state index >= 15 is 0 Å². The summed E-state index contributed by atoms with van der Waals surface area (Å²) in [5, 5.41) is 0. The molecule has 21 heavy (non-hydrogen) atoms. The SMILES string of the molecule is CC(=O)Oc1ccccc1C(=O)Oc1ccc(C)cc1C. The van der Waals surface area contributed by atoms with Crippen molar-refractivity contribution < 1.29 is 19.1 Å². The number of para-hydroxylation sites is 1. The molecular weight excluding hydrogens is 268 g/mol. The quantitative estimate of drug-likeness (QED) is 0.640. The monoisotopic (exact) mass is 284 g/mol. The molecule has 2 aromatic rings. The van der Waals surface area contributed by atoms with E-state index in [1.807, 2.05) is 26.0 Å². The number of carbonyl (C=O) groups excluding carboxylic acids is 2. The minimum atomic E-state index is -0.557. The predicted molar refractivity (Wildman–Crippen MR) is 78.6 cm³/mol. The number of esters is 2. The molecule has 0 saturated carbocycles. The van der Waals surface area contributed by atoms with Crippen LogP contribution in [0.25, 0.3) is 0 Å². The van der Waals surface area contributed by atoms with Crippen LogP contribution >= 0.6 is 0 Å². The normalized spacial score (nSPS) is 10.0. The van der Waals surface area contributed by atoms with E-state index in [0.29, 0.717) is 5.75 Å². The summed E-state index contributed by atoms with van der Waals surface area (Å²) < 4.78 is 10.4. The summed E-state index contributed by atoms with van der Waals surface area (Å²) in [5.74, 6) is -0.358. The summed E-state index contributed by atoms with van der Waals surface area (Å²) in [6.07, 6.45) is 0. The van der Waals surface area contributed by atoms with Gasteiger partial charge in [0.25, 0.3) is 0 Å². The lowest BCUT2D eigenvalue weighted by atomic mass is 10.1. The summed E-state index contributed by atoms with van der Waals surface area (Å²) >= 11 is 0. The number of aryl methyl sites for hydroxylation is 2. The van der Waals surface area contributed by atoms with Gasteiger partial charge in [0.05, 0.1) is 0 Å². The number of ether oxygens (including phenoxy) is 2. The second-order valence-electron chi connectivity index (χ2n) is 4.75. The van der Waals surface area contributed by atoms with Gasteiger partial charge in [-0.1, -0.05) is 29.8 Å². The molecule has 0 radical (unpaired) electrons. The standard InChI is InChI=1S/C17H16O4/c1-11-8-9-15(12(2)10-11)21-17(19)14-6-4-5-7-16(14)20-13(3)18/h4-10H,1-3H3. The number of rotatable bonds is 3. The fourth-order valence-electron chi connectivity index (χ4n) is 1.95. The highest BCUT2D eigenvalue weighted by molar-refractivity contribution is 5.94. The van der Waals surface area contributed by atoms with Gasteiger partial charge in [-0.25, -0.2) is 4.79 Å². The van der Waals surface area contributed by atoms with Crippen LogP contribution in [0.3, 0.4) is 0 Å². The van der Waals surface area contributed by atoms with E-state index in [0.717, 1.165) is 11.1 Å². The molecule has 0 saturated heterocycles. The fourth-order valence-corrected chi connectivity index (χ4v) is 1.95. The zero-order chi connectivity index (χ0) is 15.4. The third kappa shape index (κ3) is 3.69. The molecule has 0 bridgehead atoms. The lowest BCUT2D eigenvalue weighted by molar-refractivity contribution is -0.131. The van der Waals surface area contributed by atoms with E-state index in [9.17, 15) is 9.59 Å². The predicted octanol–water partition coefficient (Wildman–Crippen LogP) is 3.45. The molecule has 4 nitrogen and oxygen atoms in total. The number of carbonyl (C=O) groups is 2. The highest BCUT2D eigenvalue weighted by Crippen LogP contribution is 2.23. The summed E-state index contributed by atoms with van der Waals surface area (Å²) in [5.41, 5.74) is 2.17. The maximum absolute atomic E-state index is 12.2. The molecule has 0 aliphatic heterocycles. The number of hydrogen-bond donors (Lipinski definition) is 0. The van der Waals surface area contributed by atoms with E-state index < -0.39 is 11.9 Å². The zero-order valence-corrected chi connectivity index (χ0v) is 12.2. The Hall–Kier alpha value is -2.62. The van der Waals surface area contributed by atoms with Crippen LogP contribution in [0.5, 0.6) is 11.5 Å². The molecule has 0 fully saturated rings. The molecule has 0 spiro atoms. The first kappa shape index (κ1) is 14.8. The summed E-state index contributed by atoms with van der Waals surface area (Å²) in [4.78, 5) is 23.3. The molecule has 0 atom stereocenters. The van der Waals surface area contributed by atoms with Gasteiger partial charge in [-0.15, -0.1) is 0 Å². The Morgan fingerprint density at radius 2 is 1.62 bits per heavy atom. The van der Waals surface area contributed by atoms with E-state index in [4.69, 9.17) is 9.47 Å². The number of benzene rings is 2. The first-order valence-corrected chi connectivity index (χ1v) is 6.54. The minimum Gasteiger partial charge on any atom is -0.426 e. The average Bonchev–Trinajstić information content (AvgIpc) is 2.42. The smallest absolute Gasteiger partial charge is 0.347 e. The Balaban J connectivity index is 2.26. The molecule has 2 aromatic carbocycles. The molecular formula is C17H16O4. The van der Waals surface area contributed by atoms with Crippen molar-refractivity contribution in [3.05, 3.63) is 59.2 Å². The van der Waals surface area contributed by atoms with Gasteiger partial charge in [0.2, 0.25) is 0 Å². The minimum absolute atomic E-state index is 0.194. The van der Waals surface area contributed by atoms with Crippen LogP contribution in [-0.4, -0.2) is 11.9 Å². The zero-order valence-electron chi connectivity index (χ0n) is 12.2. The first-order valence-electron chi connectivity index (χ1n) is 6.54. The Kier molecular flexibility index (Phi) is 4.38. The molecule has 0 heterocycles. The molecule has 2 rings (SSSR count). The molecule has 0 unspecified atom stereocenters. The van der Waals surface area contributed by atoms with Crippen molar-refractivity contribution >= 4 is 11.9 Å². The molecule has 0 aromatic heterocycles. The van der Waals surface area contributed by atoms with Crippen LogP contribution in [0.1, 0.15) is 28.4 Å². The summed E-state index contributed by atoms with van der Waals surface area (Å²) in [7, 11) is 0. The second-order valence-corrected chi connectivity index (χ2v) is 4.75. The van der Waals surface area contributed by atoms with Crippen molar-refractivity contribution in [1.82, 2.24) is 0 Å². The van der Waals surface area contributed by atoms with Crippen LogP contribution in [0.2, 0.25) is 0 Å². The topological polar surface area (TPSA) is 52.6 Å². The van der Waals surface area contributed by atoms with Gasteiger partial charge in [-0.3, -0.25) is 4.79 Å². The van der Waals surface area contributed by atoms with E-state index in [2.05, 4.69) is 0 Å². The molecule has 0 N–H and O–H groups in total. The van der Waals surface area contributed by atoms with Gasteiger partial charge in [-0.05, 0) is 37.6 Å². The Bertz CT molecular complexity index is 689. The maximum Gasteiger partial charge on any atom is 0.347 e. The molecule has 108 valence electrons. The van der Waals surface area contributed by atoms with Gasteiger partial charge in [0, 0.05) is 6.92 Å². The van der Waals surface area contributed by atoms with E-state index in [-0.39, 0.29) is 11.3 Å². The van der Waals surface area contributed by atoms with Crippen LogP contribution in [0.15, 0.2) is 42.5 Å².